The van der Waals surface area contributed by atoms with E-state index in [0.29, 0.717) is 17.9 Å². The second-order valence-electron chi connectivity index (χ2n) is 6.13. The fraction of sp³-hybridized carbons (Fsp3) is 0.158. The SMILES string of the molecule is CN1C(=O)CCc2cc(C(=O)ON3C(=O)c4ccccc4C3=O)ccc21. The van der Waals surface area contributed by atoms with E-state index in [1.807, 2.05) is 0 Å². The minimum absolute atomic E-state index is 0.0128. The first-order chi connectivity index (χ1) is 12.5. The highest BCUT2D eigenvalue weighted by Crippen LogP contribution is 2.28. The highest BCUT2D eigenvalue weighted by atomic mass is 16.7. The summed E-state index contributed by atoms with van der Waals surface area (Å²) in [6.45, 7) is 0. The molecular weight excluding hydrogens is 336 g/mol. The van der Waals surface area contributed by atoms with Crippen LogP contribution in [0.15, 0.2) is 42.5 Å². The zero-order valence-electron chi connectivity index (χ0n) is 13.9. The van der Waals surface area contributed by atoms with E-state index in [9.17, 15) is 19.2 Å². The van der Waals surface area contributed by atoms with Gasteiger partial charge >= 0.3 is 5.97 Å². The number of amides is 3. The van der Waals surface area contributed by atoms with Crippen LogP contribution in [-0.4, -0.2) is 35.8 Å². The molecule has 0 saturated carbocycles. The Morgan fingerprint density at radius 1 is 0.962 bits per heavy atom. The maximum atomic E-state index is 12.4. The van der Waals surface area contributed by atoms with Crippen molar-refractivity contribution in [1.82, 2.24) is 5.06 Å². The lowest BCUT2D eigenvalue weighted by molar-refractivity contribution is -0.118. The Kier molecular flexibility index (Phi) is 3.57. The molecule has 0 fully saturated rings. The zero-order chi connectivity index (χ0) is 18.4. The molecule has 0 spiro atoms. The van der Waals surface area contributed by atoms with E-state index < -0.39 is 17.8 Å². The van der Waals surface area contributed by atoms with Crippen LogP contribution in [0.25, 0.3) is 0 Å². The summed E-state index contributed by atoms with van der Waals surface area (Å²) in [7, 11) is 1.68. The van der Waals surface area contributed by atoms with Gasteiger partial charge in [0.1, 0.15) is 0 Å². The molecule has 0 aliphatic carbocycles. The molecule has 0 aromatic heterocycles. The molecule has 0 unspecified atom stereocenters. The molecular formula is C19H14N2O5. The Balaban J connectivity index is 1.58. The third kappa shape index (κ3) is 2.36. The number of aryl methyl sites for hydroxylation is 1. The number of carbonyl (C=O) groups excluding carboxylic acids is 4. The number of carbonyl (C=O) groups is 4. The van der Waals surface area contributed by atoms with Crippen LogP contribution in [0.1, 0.15) is 43.1 Å². The lowest BCUT2D eigenvalue weighted by atomic mass is 9.99. The second-order valence-corrected chi connectivity index (χ2v) is 6.13. The number of hydrogen-bond acceptors (Lipinski definition) is 5. The van der Waals surface area contributed by atoms with Crippen LogP contribution in [0.3, 0.4) is 0 Å². The molecule has 2 aliphatic heterocycles. The van der Waals surface area contributed by atoms with Gasteiger partial charge in [0.25, 0.3) is 11.8 Å². The van der Waals surface area contributed by atoms with Crippen molar-refractivity contribution in [3.63, 3.8) is 0 Å². The van der Waals surface area contributed by atoms with Gasteiger partial charge in [-0.1, -0.05) is 17.2 Å². The number of fused-ring (bicyclic) bond motifs is 2. The van der Waals surface area contributed by atoms with E-state index in [-0.39, 0.29) is 22.6 Å². The van der Waals surface area contributed by atoms with Gasteiger partial charge in [0.15, 0.2) is 0 Å². The van der Waals surface area contributed by atoms with Gasteiger partial charge in [0, 0.05) is 19.2 Å². The third-order valence-electron chi connectivity index (χ3n) is 4.59. The summed E-state index contributed by atoms with van der Waals surface area (Å²) in [6, 6.07) is 11.1. The van der Waals surface area contributed by atoms with Crippen molar-refractivity contribution in [3.05, 3.63) is 64.7 Å². The molecule has 0 N–H and O–H groups in total. The Hall–Kier alpha value is -3.48. The molecule has 7 nitrogen and oxygen atoms in total. The minimum Gasteiger partial charge on any atom is -0.324 e. The van der Waals surface area contributed by atoms with Crippen molar-refractivity contribution in [2.45, 2.75) is 12.8 Å². The van der Waals surface area contributed by atoms with Crippen LogP contribution in [0.5, 0.6) is 0 Å². The number of hydroxylamine groups is 2. The van der Waals surface area contributed by atoms with Gasteiger partial charge < -0.3 is 9.74 Å². The van der Waals surface area contributed by atoms with E-state index in [0.717, 1.165) is 11.3 Å². The molecule has 7 heteroatoms. The maximum absolute atomic E-state index is 12.4. The fourth-order valence-corrected chi connectivity index (χ4v) is 3.17. The summed E-state index contributed by atoms with van der Waals surface area (Å²) in [5.41, 5.74) is 2.19. The highest BCUT2D eigenvalue weighted by molar-refractivity contribution is 6.21. The number of benzene rings is 2. The average molecular weight is 350 g/mol. The Morgan fingerprint density at radius 2 is 1.62 bits per heavy atom. The summed E-state index contributed by atoms with van der Waals surface area (Å²) in [5.74, 6) is -2.12. The molecule has 0 atom stereocenters. The van der Waals surface area contributed by atoms with Gasteiger partial charge in [-0.05, 0) is 42.3 Å². The highest BCUT2D eigenvalue weighted by Gasteiger charge is 2.38. The van der Waals surface area contributed by atoms with E-state index in [1.54, 1.807) is 31.3 Å². The molecule has 0 saturated heterocycles. The molecule has 2 aromatic rings. The van der Waals surface area contributed by atoms with Gasteiger partial charge in [-0.25, -0.2) is 4.79 Å². The number of nitrogens with zero attached hydrogens (tertiary/aromatic N) is 2. The first-order valence-electron chi connectivity index (χ1n) is 8.07. The normalized spacial score (nSPS) is 15.8. The maximum Gasteiger partial charge on any atom is 0.363 e. The quantitative estimate of drug-likeness (QED) is 0.773. The van der Waals surface area contributed by atoms with Crippen LogP contribution in [0.4, 0.5) is 5.69 Å². The van der Waals surface area contributed by atoms with Crippen LogP contribution < -0.4 is 4.90 Å². The fourth-order valence-electron chi connectivity index (χ4n) is 3.17. The molecule has 26 heavy (non-hydrogen) atoms. The monoisotopic (exact) mass is 350 g/mol. The number of rotatable bonds is 2. The average Bonchev–Trinajstić information content (AvgIpc) is 2.90. The van der Waals surface area contributed by atoms with E-state index >= 15 is 0 Å². The van der Waals surface area contributed by atoms with E-state index in [1.165, 1.54) is 23.1 Å². The summed E-state index contributed by atoms with van der Waals surface area (Å²) in [4.78, 5) is 55.3. The Morgan fingerprint density at radius 3 is 2.27 bits per heavy atom. The number of hydrogen-bond donors (Lipinski definition) is 0. The summed E-state index contributed by atoms with van der Waals surface area (Å²) < 4.78 is 0. The van der Waals surface area contributed by atoms with Crippen LogP contribution in [0.2, 0.25) is 0 Å². The lowest BCUT2D eigenvalue weighted by Gasteiger charge is -2.26. The predicted molar refractivity (Wildman–Crippen MR) is 90.5 cm³/mol. The minimum atomic E-state index is -0.804. The predicted octanol–water partition coefficient (Wildman–Crippen LogP) is 1.96. The molecule has 2 heterocycles. The van der Waals surface area contributed by atoms with Crippen molar-refractivity contribution in [3.8, 4) is 0 Å². The summed E-state index contributed by atoms with van der Waals surface area (Å²) >= 11 is 0. The molecule has 2 aliphatic rings. The molecule has 3 amide bonds. The molecule has 2 aromatic carbocycles. The van der Waals surface area contributed by atoms with E-state index in [2.05, 4.69) is 0 Å². The number of anilines is 1. The molecule has 0 bridgehead atoms. The van der Waals surface area contributed by atoms with Gasteiger partial charge in [-0.15, -0.1) is 0 Å². The third-order valence-corrected chi connectivity index (χ3v) is 4.59. The van der Waals surface area contributed by atoms with Gasteiger partial charge in [0.2, 0.25) is 5.91 Å². The molecule has 0 radical (unpaired) electrons. The Bertz CT molecular complexity index is 947. The molecule has 4 rings (SSSR count). The molecule has 130 valence electrons. The van der Waals surface area contributed by atoms with Crippen molar-refractivity contribution in [1.29, 1.82) is 0 Å². The Labute approximate surface area is 148 Å². The van der Waals surface area contributed by atoms with Crippen LogP contribution >= 0.6 is 0 Å². The van der Waals surface area contributed by atoms with Crippen molar-refractivity contribution >= 4 is 29.4 Å². The van der Waals surface area contributed by atoms with Crippen LogP contribution in [-0.2, 0) is 16.1 Å². The van der Waals surface area contributed by atoms with Gasteiger partial charge in [0.05, 0.1) is 16.7 Å². The largest absolute Gasteiger partial charge is 0.363 e. The smallest absolute Gasteiger partial charge is 0.324 e. The van der Waals surface area contributed by atoms with Crippen molar-refractivity contribution in [2.75, 3.05) is 11.9 Å². The van der Waals surface area contributed by atoms with Crippen LogP contribution in [0, 0.1) is 0 Å². The van der Waals surface area contributed by atoms with Crippen molar-refractivity contribution < 1.29 is 24.0 Å². The van der Waals surface area contributed by atoms with E-state index in [4.69, 9.17) is 4.84 Å². The summed E-state index contributed by atoms with van der Waals surface area (Å²) in [5, 5.41) is 0.488. The van der Waals surface area contributed by atoms with Gasteiger partial charge in [-0.2, -0.15) is 0 Å². The lowest BCUT2D eigenvalue weighted by Crippen LogP contribution is -2.33. The van der Waals surface area contributed by atoms with Crippen molar-refractivity contribution in [2.24, 2.45) is 0 Å². The number of imide groups is 1. The topological polar surface area (TPSA) is 84.0 Å². The zero-order valence-corrected chi connectivity index (χ0v) is 13.9. The first-order valence-corrected chi connectivity index (χ1v) is 8.07. The standard InChI is InChI=1S/C19H14N2O5/c1-20-15-8-6-12(10-11(15)7-9-16(20)22)19(25)26-21-17(23)13-4-2-3-5-14(13)18(21)24/h2-6,8,10H,7,9H2,1H3. The summed E-state index contributed by atoms with van der Waals surface area (Å²) in [6.07, 6.45) is 0.882. The van der Waals surface area contributed by atoms with Gasteiger partial charge in [-0.3, -0.25) is 14.4 Å². The first kappa shape index (κ1) is 16.0. The second kappa shape index (κ2) is 5.80.